The van der Waals surface area contributed by atoms with Crippen LogP contribution in [0.3, 0.4) is 0 Å². The maximum Gasteiger partial charge on any atom is 0.230 e. The summed E-state index contributed by atoms with van der Waals surface area (Å²) in [4.78, 5) is 2.28. The first-order valence-corrected chi connectivity index (χ1v) is 5.10. The van der Waals surface area contributed by atoms with E-state index in [4.69, 9.17) is 4.52 Å². The molecule has 1 saturated heterocycles. The molecule has 1 aromatic rings. The number of rotatable bonds is 1. The van der Waals surface area contributed by atoms with Crippen LogP contribution in [0.5, 0.6) is 0 Å². The highest BCUT2D eigenvalue weighted by Gasteiger charge is 2.23. The summed E-state index contributed by atoms with van der Waals surface area (Å²) in [7, 11) is 0. The van der Waals surface area contributed by atoms with Gasteiger partial charge in [0.2, 0.25) is 5.88 Å². The Balaban J connectivity index is 2.24. The Hall–Kier alpha value is -1.03. The van der Waals surface area contributed by atoms with Gasteiger partial charge in [0.25, 0.3) is 0 Å². The minimum atomic E-state index is 0.481. The molecule has 1 N–H and O–H groups in total. The fourth-order valence-corrected chi connectivity index (χ4v) is 1.81. The zero-order chi connectivity index (χ0) is 10.1. The SMILES string of the molecule is Cc1noc(N2CCNCC2C)c1C. The van der Waals surface area contributed by atoms with Gasteiger partial charge in [-0.25, -0.2) is 0 Å². The van der Waals surface area contributed by atoms with Crippen molar-refractivity contribution in [2.75, 3.05) is 24.5 Å². The maximum absolute atomic E-state index is 5.35. The van der Waals surface area contributed by atoms with Gasteiger partial charge in [0, 0.05) is 31.2 Å². The standard InChI is InChI=1S/C10H17N3O/c1-7-6-11-4-5-13(7)10-8(2)9(3)12-14-10/h7,11H,4-6H2,1-3H3. The van der Waals surface area contributed by atoms with E-state index >= 15 is 0 Å². The van der Waals surface area contributed by atoms with Crippen LogP contribution in [-0.4, -0.2) is 30.8 Å². The topological polar surface area (TPSA) is 41.3 Å². The van der Waals surface area contributed by atoms with E-state index in [1.165, 1.54) is 5.56 Å². The predicted molar refractivity (Wildman–Crippen MR) is 55.7 cm³/mol. The molecule has 2 heterocycles. The molecule has 0 aromatic carbocycles. The number of nitrogens with zero attached hydrogens (tertiary/aromatic N) is 2. The van der Waals surface area contributed by atoms with E-state index in [1.54, 1.807) is 0 Å². The quantitative estimate of drug-likeness (QED) is 0.728. The molecule has 0 amide bonds. The zero-order valence-corrected chi connectivity index (χ0v) is 9.00. The van der Waals surface area contributed by atoms with Gasteiger partial charge in [-0.2, -0.15) is 0 Å². The monoisotopic (exact) mass is 195 g/mol. The Morgan fingerprint density at radius 3 is 2.86 bits per heavy atom. The van der Waals surface area contributed by atoms with Crippen LogP contribution < -0.4 is 10.2 Å². The first kappa shape index (κ1) is 9.52. The number of hydrogen-bond acceptors (Lipinski definition) is 4. The maximum atomic E-state index is 5.35. The number of piperazine rings is 1. The Kier molecular flexibility index (Phi) is 2.46. The van der Waals surface area contributed by atoms with Crippen molar-refractivity contribution in [3.05, 3.63) is 11.3 Å². The Labute approximate surface area is 84.3 Å². The van der Waals surface area contributed by atoms with Gasteiger partial charge >= 0.3 is 0 Å². The van der Waals surface area contributed by atoms with Crippen molar-refractivity contribution in [1.29, 1.82) is 0 Å². The third kappa shape index (κ3) is 1.50. The van der Waals surface area contributed by atoms with E-state index in [2.05, 4.69) is 29.2 Å². The van der Waals surface area contributed by atoms with Crippen molar-refractivity contribution in [3.8, 4) is 0 Å². The summed E-state index contributed by atoms with van der Waals surface area (Å²) in [5.74, 6) is 0.941. The van der Waals surface area contributed by atoms with Crippen LogP contribution in [0.2, 0.25) is 0 Å². The molecule has 1 aromatic heterocycles. The lowest BCUT2D eigenvalue weighted by Crippen LogP contribution is -2.50. The first-order chi connectivity index (χ1) is 6.70. The molecule has 1 atom stereocenters. The van der Waals surface area contributed by atoms with Crippen LogP contribution in [-0.2, 0) is 0 Å². The highest BCUT2D eigenvalue weighted by atomic mass is 16.5. The van der Waals surface area contributed by atoms with E-state index < -0.39 is 0 Å². The third-order valence-corrected chi connectivity index (χ3v) is 2.89. The minimum Gasteiger partial charge on any atom is -0.338 e. The second kappa shape index (κ2) is 3.61. The highest BCUT2D eigenvalue weighted by Crippen LogP contribution is 2.24. The van der Waals surface area contributed by atoms with Crippen molar-refractivity contribution in [2.24, 2.45) is 0 Å². The predicted octanol–water partition coefficient (Wildman–Crippen LogP) is 1.09. The second-order valence-corrected chi connectivity index (χ2v) is 3.94. The lowest BCUT2D eigenvalue weighted by atomic mass is 10.2. The zero-order valence-electron chi connectivity index (χ0n) is 9.00. The summed E-state index contributed by atoms with van der Waals surface area (Å²) < 4.78 is 5.35. The van der Waals surface area contributed by atoms with Crippen LogP contribution in [0.15, 0.2) is 4.52 Å². The molecule has 1 fully saturated rings. The molecular formula is C10H17N3O. The van der Waals surface area contributed by atoms with Gasteiger partial charge in [0.15, 0.2) is 0 Å². The summed E-state index contributed by atoms with van der Waals surface area (Å²) in [5, 5.41) is 7.35. The van der Waals surface area contributed by atoms with E-state index in [0.717, 1.165) is 31.2 Å². The van der Waals surface area contributed by atoms with Crippen LogP contribution in [0.4, 0.5) is 5.88 Å². The van der Waals surface area contributed by atoms with Crippen LogP contribution >= 0.6 is 0 Å². The van der Waals surface area contributed by atoms with Crippen LogP contribution in [0, 0.1) is 13.8 Å². The Morgan fingerprint density at radius 1 is 1.50 bits per heavy atom. The lowest BCUT2D eigenvalue weighted by molar-refractivity contribution is 0.385. The molecule has 1 unspecified atom stereocenters. The summed E-state index contributed by atoms with van der Waals surface area (Å²) >= 11 is 0. The Morgan fingerprint density at radius 2 is 2.29 bits per heavy atom. The molecule has 1 aliphatic rings. The van der Waals surface area contributed by atoms with Gasteiger partial charge in [-0.15, -0.1) is 0 Å². The summed E-state index contributed by atoms with van der Waals surface area (Å²) in [6, 6.07) is 0.481. The number of anilines is 1. The molecule has 2 rings (SSSR count). The van der Waals surface area contributed by atoms with E-state index in [9.17, 15) is 0 Å². The normalized spacial score (nSPS) is 22.8. The van der Waals surface area contributed by atoms with Crippen molar-refractivity contribution < 1.29 is 4.52 Å². The fourth-order valence-electron chi connectivity index (χ4n) is 1.81. The van der Waals surface area contributed by atoms with Crippen molar-refractivity contribution in [2.45, 2.75) is 26.8 Å². The van der Waals surface area contributed by atoms with Gasteiger partial charge in [0.1, 0.15) is 0 Å². The number of nitrogens with one attached hydrogen (secondary N) is 1. The molecule has 0 radical (unpaired) electrons. The van der Waals surface area contributed by atoms with E-state index in [0.29, 0.717) is 6.04 Å². The summed E-state index contributed by atoms with van der Waals surface area (Å²) in [6.07, 6.45) is 0. The largest absolute Gasteiger partial charge is 0.338 e. The van der Waals surface area contributed by atoms with Gasteiger partial charge in [-0.1, -0.05) is 5.16 Å². The van der Waals surface area contributed by atoms with Crippen LogP contribution in [0.1, 0.15) is 18.2 Å². The number of hydrogen-bond donors (Lipinski definition) is 1. The molecule has 4 nitrogen and oxygen atoms in total. The fraction of sp³-hybridized carbons (Fsp3) is 0.700. The van der Waals surface area contributed by atoms with Gasteiger partial charge < -0.3 is 14.7 Å². The average molecular weight is 195 g/mol. The number of aryl methyl sites for hydroxylation is 1. The molecule has 0 saturated carbocycles. The average Bonchev–Trinajstić information content (AvgIpc) is 2.49. The minimum absolute atomic E-state index is 0.481. The molecule has 0 spiro atoms. The molecule has 4 heteroatoms. The Bertz CT molecular complexity index is 321. The van der Waals surface area contributed by atoms with E-state index in [-0.39, 0.29) is 0 Å². The smallest absolute Gasteiger partial charge is 0.230 e. The second-order valence-electron chi connectivity index (χ2n) is 3.94. The third-order valence-electron chi connectivity index (χ3n) is 2.89. The lowest BCUT2D eigenvalue weighted by Gasteiger charge is -2.33. The van der Waals surface area contributed by atoms with Crippen molar-refractivity contribution in [3.63, 3.8) is 0 Å². The summed E-state index contributed by atoms with van der Waals surface area (Å²) in [6.45, 7) is 9.27. The van der Waals surface area contributed by atoms with Gasteiger partial charge in [0.05, 0.1) is 5.69 Å². The number of aromatic nitrogens is 1. The molecule has 0 aliphatic carbocycles. The van der Waals surface area contributed by atoms with Gasteiger partial charge in [-0.05, 0) is 20.8 Å². The van der Waals surface area contributed by atoms with E-state index in [1.807, 2.05) is 6.92 Å². The highest BCUT2D eigenvalue weighted by molar-refractivity contribution is 5.46. The molecule has 1 aliphatic heterocycles. The van der Waals surface area contributed by atoms with Crippen LogP contribution in [0.25, 0.3) is 0 Å². The first-order valence-electron chi connectivity index (χ1n) is 5.10. The molecule has 78 valence electrons. The van der Waals surface area contributed by atoms with Gasteiger partial charge in [-0.3, -0.25) is 0 Å². The molecular weight excluding hydrogens is 178 g/mol. The van der Waals surface area contributed by atoms with Crippen molar-refractivity contribution >= 4 is 5.88 Å². The van der Waals surface area contributed by atoms with Crippen molar-refractivity contribution in [1.82, 2.24) is 10.5 Å². The molecule has 14 heavy (non-hydrogen) atoms. The molecule has 0 bridgehead atoms. The summed E-state index contributed by atoms with van der Waals surface area (Å²) in [5.41, 5.74) is 2.16.